The Morgan fingerprint density at radius 1 is 1.33 bits per heavy atom. The Bertz CT molecular complexity index is 510. The van der Waals surface area contributed by atoms with Gasteiger partial charge >= 0.3 is 0 Å². The molecule has 0 radical (unpaired) electrons. The molecule has 114 valence electrons. The molecular weight excluding hydrogens is 272 g/mol. The maximum absolute atomic E-state index is 11.9. The Morgan fingerprint density at radius 2 is 2.05 bits per heavy atom. The van der Waals surface area contributed by atoms with Gasteiger partial charge < -0.3 is 10.4 Å². The van der Waals surface area contributed by atoms with E-state index in [2.05, 4.69) is 5.32 Å². The summed E-state index contributed by atoms with van der Waals surface area (Å²) in [5.74, 6) is -0.0390. The van der Waals surface area contributed by atoms with Crippen LogP contribution in [0.15, 0.2) is 24.3 Å². The van der Waals surface area contributed by atoms with Crippen molar-refractivity contribution in [3.8, 4) is 0 Å². The number of nitrogens with one attached hydrogen (secondary N) is 1. The molecule has 1 saturated carbocycles. The topological polar surface area (TPSA) is 92.5 Å². The molecule has 1 aromatic rings. The number of hydrogen-bond donors (Lipinski definition) is 2. The van der Waals surface area contributed by atoms with E-state index >= 15 is 0 Å². The lowest BCUT2D eigenvalue weighted by Crippen LogP contribution is -2.38. The standard InChI is InChI=1S/C15H20N2O4/c18-14-7-5-12(6-8-14)16-15(19)9-4-11-2-1-3-13(10-11)17(20)21/h1-3,10,12,14,18H,4-9H2,(H,16,19). The average molecular weight is 292 g/mol. The molecule has 1 aliphatic carbocycles. The fraction of sp³-hybridized carbons (Fsp3) is 0.533. The number of non-ortho nitro benzene ring substituents is 1. The lowest BCUT2D eigenvalue weighted by molar-refractivity contribution is -0.384. The first kappa shape index (κ1) is 15.4. The van der Waals surface area contributed by atoms with Gasteiger partial charge in [0.1, 0.15) is 0 Å². The van der Waals surface area contributed by atoms with E-state index in [-0.39, 0.29) is 23.7 Å². The molecule has 0 atom stereocenters. The Kier molecular flexibility index (Phi) is 5.27. The maximum atomic E-state index is 11.9. The summed E-state index contributed by atoms with van der Waals surface area (Å²) in [4.78, 5) is 22.1. The number of amides is 1. The number of aliphatic hydroxyl groups excluding tert-OH is 1. The van der Waals surface area contributed by atoms with Gasteiger partial charge in [-0.3, -0.25) is 14.9 Å². The minimum absolute atomic E-state index is 0.0390. The molecule has 0 aromatic heterocycles. The first-order chi connectivity index (χ1) is 10.0. The quantitative estimate of drug-likeness (QED) is 0.641. The van der Waals surface area contributed by atoms with Crippen molar-refractivity contribution < 1.29 is 14.8 Å². The van der Waals surface area contributed by atoms with Gasteiger partial charge in [0, 0.05) is 24.6 Å². The molecule has 1 aromatic carbocycles. The van der Waals surface area contributed by atoms with Crippen LogP contribution >= 0.6 is 0 Å². The lowest BCUT2D eigenvalue weighted by Gasteiger charge is -2.26. The highest BCUT2D eigenvalue weighted by Gasteiger charge is 2.20. The van der Waals surface area contributed by atoms with Crippen molar-refractivity contribution in [1.82, 2.24) is 5.32 Å². The average Bonchev–Trinajstić information content (AvgIpc) is 2.48. The zero-order valence-corrected chi connectivity index (χ0v) is 11.8. The van der Waals surface area contributed by atoms with Crippen LogP contribution in [0.25, 0.3) is 0 Å². The van der Waals surface area contributed by atoms with Crippen LogP contribution < -0.4 is 5.32 Å². The largest absolute Gasteiger partial charge is 0.393 e. The molecule has 6 nitrogen and oxygen atoms in total. The highest BCUT2D eigenvalue weighted by Crippen LogP contribution is 2.19. The van der Waals surface area contributed by atoms with Gasteiger partial charge in [-0.05, 0) is 37.7 Å². The van der Waals surface area contributed by atoms with E-state index < -0.39 is 4.92 Å². The van der Waals surface area contributed by atoms with Gasteiger partial charge in [0.15, 0.2) is 0 Å². The smallest absolute Gasteiger partial charge is 0.269 e. The molecule has 6 heteroatoms. The van der Waals surface area contributed by atoms with Crippen molar-refractivity contribution in [3.05, 3.63) is 39.9 Å². The summed E-state index contributed by atoms with van der Waals surface area (Å²) < 4.78 is 0. The molecule has 2 rings (SSSR count). The molecule has 0 unspecified atom stereocenters. The molecule has 21 heavy (non-hydrogen) atoms. The fourth-order valence-electron chi connectivity index (χ4n) is 2.60. The van der Waals surface area contributed by atoms with Gasteiger partial charge in [0.25, 0.3) is 5.69 Å². The van der Waals surface area contributed by atoms with Crippen molar-refractivity contribution in [1.29, 1.82) is 0 Å². The van der Waals surface area contributed by atoms with Gasteiger partial charge in [0.2, 0.25) is 5.91 Å². The van der Waals surface area contributed by atoms with Crippen LogP contribution in [-0.2, 0) is 11.2 Å². The normalized spacial score (nSPS) is 21.8. The summed E-state index contributed by atoms with van der Waals surface area (Å²) in [6.07, 6.45) is 3.66. The number of aliphatic hydroxyl groups is 1. The highest BCUT2D eigenvalue weighted by atomic mass is 16.6. The number of nitro benzene ring substituents is 1. The van der Waals surface area contributed by atoms with Crippen LogP contribution in [0.4, 0.5) is 5.69 Å². The Labute approximate surface area is 123 Å². The van der Waals surface area contributed by atoms with E-state index in [0.717, 1.165) is 31.2 Å². The van der Waals surface area contributed by atoms with Crippen molar-refractivity contribution in [3.63, 3.8) is 0 Å². The summed E-state index contributed by atoms with van der Waals surface area (Å²) in [6, 6.07) is 6.51. The number of nitrogens with zero attached hydrogens (tertiary/aromatic N) is 1. The zero-order valence-electron chi connectivity index (χ0n) is 11.8. The molecule has 0 aliphatic heterocycles. The van der Waals surface area contributed by atoms with Crippen molar-refractivity contribution in [2.75, 3.05) is 0 Å². The molecule has 0 heterocycles. The van der Waals surface area contributed by atoms with Crippen LogP contribution in [0.1, 0.15) is 37.7 Å². The second-order valence-electron chi connectivity index (χ2n) is 5.50. The Morgan fingerprint density at radius 3 is 2.71 bits per heavy atom. The zero-order chi connectivity index (χ0) is 15.2. The summed E-state index contributed by atoms with van der Waals surface area (Å²) in [6.45, 7) is 0. The summed E-state index contributed by atoms with van der Waals surface area (Å²) in [5.41, 5.74) is 0.840. The number of aryl methyl sites for hydroxylation is 1. The number of hydrogen-bond acceptors (Lipinski definition) is 4. The van der Waals surface area contributed by atoms with Crippen LogP contribution in [0.5, 0.6) is 0 Å². The minimum Gasteiger partial charge on any atom is -0.393 e. The Balaban J connectivity index is 1.78. The first-order valence-electron chi connectivity index (χ1n) is 7.25. The van der Waals surface area contributed by atoms with Crippen LogP contribution in [-0.4, -0.2) is 28.1 Å². The fourth-order valence-corrected chi connectivity index (χ4v) is 2.60. The predicted molar refractivity (Wildman–Crippen MR) is 77.8 cm³/mol. The van der Waals surface area contributed by atoms with Crippen molar-refractivity contribution >= 4 is 11.6 Å². The van der Waals surface area contributed by atoms with Crippen LogP contribution in [0.2, 0.25) is 0 Å². The maximum Gasteiger partial charge on any atom is 0.269 e. The molecule has 0 saturated heterocycles. The third-order valence-corrected chi connectivity index (χ3v) is 3.82. The third kappa shape index (κ3) is 4.82. The molecule has 0 bridgehead atoms. The molecule has 1 fully saturated rings. The van der Waals surface area contributed by atoms with E-state index in [9.17, 15) is 20.0 Å². The van der Waals surface area contributed by atoms with E-state index in [1.807, 2.05) is 0 Å². The van der Waals surface area contributed by atoms with Gasteiger partial charge in [-0.1, -0.05) is 12.1 Å². The predicted octanol–water partition coefficient (Wildman–Crippen LogP) is 1.95. The number of nitro groups is 1. The Hall–Kier alpha value is -1.95. The van der Waals surface area contributed by atoms with E-state index in [1.165, 1.54) is 12.1 Å². The number of carbonyl (C=O) groups excluding carboxylic acids is 1. The van der Waals surface area contributed by atoms with Gasteiger partial charge in [0.05, 0.1) is 11.0 Å². The summed E-state index contributed by atoms with van der Waals surface area (Å²) in [5, 5.41) is 23.1. The monoisotopic (exact) mass is 292 g/mol. The first-order valence-corrected chi connectivity index (χ1v) is 7.25. The number of carbonyl (C=O) groups is 1. The van der Waals surface area contributed by atoms with Crippen molar-refractivity contribution in [2.24, 2.45) is 0 Å². The van der Waals surface area contributed by atoms with E-state index in [4.69, 9.17) is 0 Å². The van der Waals surface area contributed by atoms with Gasteiger partial charge in [-0.2, -0.15) is 0 Å². The van der Waals surface area contributed by atoms with Crippen LogP contribution in [0.3, 0.4) is 0 Å². The van der Waals surface area contributed by atoms with Crippen LogP contribution in [0, 0.1) is 10.1 Å². The van der Waals surface area contributed by atoms with E-state index in [1.54, 1.807) is 12.1 Å². The van der Waals surface area contributed by atoms with Gasteiger partial charge in [-0.15, -0.1) is 0 Å². The minimum atomic E-state index is -0.434. The highest BCUT2D eigenvalue weighted by molar-refractivity contribution is 5.76. The van der Waals surface area contributed by atoms with Crippen molar-refractivity contribution in [2.45, 2.75) is 50.7 Å². The van der Waals surface area contributed by atoms with E-state index in [0.29, 0.717) is 12.8 Å². The third-order valence-electron chi connectivity index (χ3n) is 3.82. The molecular formula is C15H20N2O4. The summed E-state index contributed by atoms with van der Waals surface area (Å²) in [7, 11) is 0. The number of benzene rings is 1. The second-order valence-corrected chi connectivity index (χ2v) is 5.50. The molecule has 1 amide bonds. The molecule has 0 spiro atoms. The molecule has 2 N–H and O–H groups in total. The molecule has 1 aliphatic rings. The second kappa shape index (κ2) is 7.17. The lowest BCUT2D eigenvalue weighted by atomic mass is 9.93. The van der Waals surface area contributed by atoms with Gasteiger partial charge in [-0.25, -0.2) is 0 Å². The SMILES string of the molecule is O=C(CCc1cccc([N+](=O)[O-])c1)NC1CCC(O)CC1. The summed E-state index contributed by atoms with van der Waals surface area (Å²) >= 11 is 0. The number of rotatable bonds is 5.